The average Bonchev–Trinajstić information content (AvgIpc) is 2.83. The van der Waals surface area contributed by atoms with E-state index in [1.807, 2.05) is 23.9 Å². The SMILES string of the molecule is COC[C@H](NC1CCSCC1)c1ccco1. The Kier molecular flexibility index (Phi) is 4.75. The first-order valence-corrected chi connectivity index (χ1v) is 6.91. The van der Waals surface area contributed by atoms with Crippen molar-refractivity contribution < 1.29 is 9.15 Å². The number of methoxy groups -OCH3 is 1. The highest BCUT2D eigenvalue weighted by Gasteiger charge is 2.20. The molecule has 1 atom stereocenters. The van der Waals surface area contributed by atoms with E-state index in [9.17, 15) is 0 Å². The molecule has 1 aliphatic rings. The number of hydrogen-bond donors (Lipinski definition) is 1. The van der Waals surface area contributed by atoms with Gasteiger partial charge in [-0.15, -0.1) is 0 Å². The van der Waals surface area contributed by atoms with E-state index in [1.54, 1.807) is 13.4 Å². The monoisotopic (exact) mass is 241 g/mol. The Balaban J connectivity index is 1.91. The third-order valence-corrected chi connectivity index (χ3v) is 3.93. The lowest BCUT2D eigenvalue weighted by atomic mass is 10.1. The summed E-state index contributed by atoms with van der Waals surface area (Å²) in [5.74, 6) is 3.49. The topological polar surface area (TPSA) is 34.4 Å². The van der Waals surface area contributed by atoms with Gasteiger partial charge in [-0.25, -0.2) is 0 Å². The van der Waals surface area contributed by atoms with Crippen molar-refractivity contribution in [3.63, 3.8) is 0 Å². The zero-order chi connectivity index (χ0) is 11.2. The molecular formula is C12H19NO2S. The summed E-state index contributed by atoms with van der Waals surface area (Å²) in [6.07, 6.45) is 4.20. The van der Waals surface area contributed by atoms with Crippen molar-refractivity contribution in [2.45, 2.75) is 24.9 Å². The van der Waals surface area contributed by atoms with Crippen LogP contribution in [0, 0.1) is 0 Å². The van der Waals surface area contributed by atoms with Crippen molar-refractivity contribution in [2.24, 2.45) is 0 Å². The second-order valence-corrected chi connectivity index (χ2v) is 5.30. The Labute approximate surface area is 101 Å². The number of thioether (sulfide) groups is 1. The Morgan fingerprint density at radius 1 is 1.56 bits per heavy atom. The Hall–Kier alpha value is -0.450. The summed E-state index contributed by atoms with van der Waals surface area (Å²) in [6.45, 7) is 0.664. The molecule has 0 amide bonds. The summed E-state index contributed by atoms with van der Waals surface area (Å²) in [4.78, 5) is 0. The molecule has 1 aliphatic heterocycles. The van der Waals surface area contributed by atoms with Crippen LogP contribution in [-0.4, -0.2) is 31.3 Å². The predicted molar refractivity (Wildman–Crippen MR) is 66.8 cm³/mol. The standard InChI is InChI=1S/C12H19NO2S/c1-14-9-11(12-3-2-6-15-12)13-10-4-7-16-8-5-10/h2-3,6,10-11,13H,4-5,7-9H2,1H3/t11-/m0/s1. The highest BCUT2D eigenvalue weighted by atomic mass is 32.2. The maximum absolute atomic E-state index is 5.44. The van der Waals surface area contributed by atoms with Crippen molar-refractivity contribution in [1.29, 1.82) is 0 Å². The van der Waals surface area contributed by atoms with Crippen LogP contribution in [0.4, 0.5) is 0 Å². The molecule has 0 bridgehead atoms. The first kappa shape index (κ1) is 12.0. The van der Waals surface area contributed by atoms with Crippen molar-refractivity contribution in [3.8, 4) is 0 Å². The molecule has 0 aliphatic carbocycles. The quantitative estimate of drug-likeness (QED) is 0.858. The Morgan fingerprint density at radius 3 is 3.00 bits per heavy atom. The van der Waals surface area contributed by atoms with Crippen LogP contribution >= 0.6 is 11.8 Å². The van der Waals surface area contributed by atoms with Gasteiger partial charge in [-0.05, 0) is 36.5 Å². The number of nitrogens with one attached hydrogen (secondary N) is 1. The first-order valence-electron chi connectivity index (χ1n) is 5.76. The van der Waals surface area contributed by atoms with Crippen molar-refractivity contribution in [2.75, 3.05) is 25.2 Å². The lowest BCUT2D eigenvalue weighted by Crippen LogP contribution is -2.37. The average molecular weight is 241 g/mol. The van der Waals surface area contributed by atoms with Gasteiger partial charge in [-0.1, -0.05) is 0 Å². The number of rotatable bonds is 5. The van der Waals surface area contributed by atoms with Gasteiger partial charge in [0.25, 0.3) is 0 Å². The molecule has 16 heavy (non-hydrogen) atoms. The minimum absolute atomic E-state index is 0.188. The van der Waals surface area contributed by atoms with E-state index >= 15 is 0 Å². The van der Waals surface area contributed by atoms with E-state index in [1.165, 1.54) is 24.3 Å². The van der Waals surface area contributed by atoms with Gasteiger partial charge < -0.3 is 14.5 Å². The molecule has 2 heterocycles. The maximum atomic E-state index is 5.44. The zero-order valence-corrected chi connectivity index (χ0v) is 10.5. The maximum Gasteiger partial charge on any atom is 0.123 e. The third-order valence-electron chi connectivity index (χ3n) is 2.88. The van der Waals surface area contributed by atoms with Crippen LogP contribution < -0.4 is 5.32 Å². The van der Waals surface area contributed by atoms with Gasteiger partial charge in [0.15, 0.2) is 0 Å². The highest BCUT2D eigenvalue weighted by Crippen LogP contribution is 2.21. The molecule has 1 aromatic rings. The summed E-state index contributed by atoms with van der Waals surface area (Å²) in [6, 6.07) is 4.73. The molecule has 1 aromatic heterocycles. The normalized spacial score (nSPS) is 19.8. The lowest BCUT2D eigenvalue weighted by Gasteiger charge is -2.27. The predicted octanol–water partition coefficient (Wildman–Crippen LogP) is 2.45. The van der Waals surface area contributed by atoms with Crippen LogP contribution in [0.1, 0.15) is 24.6 Å². The summed E-state index contributed by atoms with van der Waals surface area (Å²) < 4.78 is 10.7. The van der Waals surface area contributed by atoms with Crippen LogP contribution in [-0.2, 0) is 4.74 Å². The minimum Gasteiger partial charge on any atom is -0.468 e. The molecule has 0 spiro atoms. The van der Waals surface area contributed by atoms with Crippen LogP contribution in [0.2, 0.25) is 0 Å². The van der Waals surface area contributed by atoms with E-state index in [4.69, 9.17) is 9.15 Å². The first-order chi connectivity index (χ1) is 7.90. The fraction of sp³-hybridized carbons (Fsp3) is 0.667. The Morgan fingerprint density at radius 2 is 2.38 bits per heavy atom. The van der Waals surface area contributed by atoms with E-state index in [0.717, 1.165) is 5.76 Å². The molecule has 90 valence electrons. The third kappa shape index (κ3) is 3.27. The number of hydrogen-bond acceptors (Lipinski definition) is 4. The van der Waals surface area contributed by atoms with Gasteiger partial charge in [0.05, 0.1) is 18.9 Å². The van der Waals surface area contributed by atoms with Gasteiger partial charge in [0.1, 0.15) is 5.76 Å². The minimum atomic E-state index is 0.188. The number of ether oxygens (including phenoxy) is 1. The summed E-state index contributed by atoms with van der Waals surface area (Å²) >= 11 is 2.04. The van der Waals surface area contributed by atoms with Gasteiger partial charge >= 0.3 is 0 Å². The molecule has 2 rings (SSSR count). The fourth-order valence-corrected chi connectivity index (χ4v) is 3.12. The van der Waals surface area contributed by atoms with Crippen molar-refractivity contribution in [1.82, 2.24) is 5.32 Å². The molecule has 4 heteroatoms. The summed E-state index contributed by atoms with van der Waals surface area (Å²) in [5.41, 5.74) is 0. The van der Waals surface area contributed by atoms with Crippen LogP contribution in [0.25, 0.3) is 0 Å². The molecule has 0 saturated carbocycles. The van der Waals surface area contributed by atoms with Crippen LogP contribution in [0.5, 0.6) is 0 Å². The smallest absolute Gasteiger partial charge is 0.123 e. The lowest BCUT2D eigenvalue weighted by molar-refractivity contribution is 0.149. The molecule has 0 unspecified atom stereocenters. The van der Waals surface area contributed by atoms with E-state index < -0.39 is 0 Å². The second-order valence-electron chi connectivity index (χ2n) is 4.08. The van der Waals surface area contributed by atoms with Crippen molar-refractivity contribution >= 4 is 11.8 Å². The summed E-state index contributed by atoms with van der Waals surface area (Å²) in [7, 11) is 1.73. The van der Waals surface area contributed by atoms with Gasteiger partial charge in [0.2, 0.25) is 0 Å². The van der Waals surface area contributed by atoms with Crippen LogP contribution in [0.15, 0.2) is 22.8 Å². The van der Waals surface area contributed by atoms with Gasteiger partial charge in [0, 0.05) is 13.2 Å². The zero-order valence-electron chi connectivity index (χ0n) is 9.65. The molecule has 3 nitrogen and oxygen atoms in total. The molecule has 0 radical (unpaired) electrons. The van der Waals surface area contributed by atoms with Gasteiger partial charge in [-0.2, -0.15) is 11.8 Å². The van der Waals surface area contributed by atoms with Crippen LogP contribution in [0.3, 0.4) is 0 Å². The Bertz CT molecular complexity index is 283. The fourth-order valence-electron chi connectivity index (χ4n) is 2.02. The second kappa shape index (κ2) is 6.33. The molecule has 1 fully saturated rings. The van der Waals surface area contributed by atoms with E-state index in [-0.39, 0.29) is 6.04 Å². The van der Waals surface area contributed by atoms with Crippen molar-refractivity contribution in [3.05, 3.63) is 24.2 Å². The van der Waals surface area contributed by atoms with E-state index in [2.05, 4.69) is 5.32 Å². The molecule has 0 aromatic carbocycles. The molecule has 1 saturated heterocycles. The van der Waals surface area contributed by atoms with Gasteiger partial charge in [-0.3, -0.25) is 0 Å². The summed E-state index contributed by atoms with van der Waals surface area (Å²) in [5, 5.41) is 3.63. The highest BCUT2D eigenvalue weighted by molar-refractivity contribution is 7.99. The number of furan rings is 1. The largest absolute Gasteiger partial charge is 0.468 e. The molecule has 1 N–H and O–H groups in total. The van der Waals surface area contributed by atoms with E-state index in [0.29, 0.717) is 12.6 Å². The molecular weight excluding hydrogens is 222 g/mol.